The van der Waals surface area contributed by atoms with Gasteiger partial charge in [0.05, 0.1) is 13.2 Å². The van der Waals surface area contributed by atoms with E-state index in [9.17, 15) is 4.79 Å². The number of aryl methyl sites for hydroxylation is 1. The number of carbonyl (C=O) groups excluding carboxylic acids is 1. The molecule has 2 N–H and O–H groups in total. The van der Waals surface area contributed by atoms with Crippen LogP contribution in [0.2, 0.25) is 0 Å². The van der Waals surface area contributed by atoms with Gasteiger partial charge in [0.1, 0.15) is 5.75 Å². The molecule has 0 saturated heterocycles. The summed E-state index contributed by atoms with van der Waals surface area (Å²) in [4.78, 5) is 11.9. The SMILES string of the molecule is Cc1cccc2c1OCCCC2NCC(=O)NCC1CC1. The lowest BCUT2D eigenvalue weighted by atomic mass is 10.00. The fraction of sp³-hybridized carbons (Fsp3) is 0.588. The van der Waals surface area contributed by atoms with Crippen LogP contribution in [0.4, 0.5) is 0 Å². The van der Waals surface area contributed by atoms with Gasteiger partial charge in [-0.2, -0.15) is 0 Å². The summed E-state index contributed by atoms with van der Waals surface area (Å²) in [6, 6.07) is 6.44. The Hall–Kier alpha value is -1.55. The zero-order chi connectivity index (χ0) is 14.7. The van der Waals surface area contributed by atoms with Crippen LogP contribution in [0, 0.1) is 12.8 Å². The summed E-state index contributed by atoms with van der Waals surface area (Å²) in [7, 11) is 0. The van der Waals surface area contributed by atoms with E-state index < -0.39 is 0 Å². The fourth-order valence-corrected chi connectivity index (χ4v) is 2.83. The molecule has 1 aliphatic heterocycles. The molecule has 4 heteroatoms. The Bertz CT molecular complexity index is 512. The topological polar surface area (TPSA) is 50.4 Å². The summed E-state index contributed by atoms with van der Waals surface area (Å²) in [6.07, 6.45) is 4.54. The number of benzene rings is 1. The van der Waals surface area contributed by atoms with Gasteiger partial charge in [0, 0.05) is 18.2 Å². The predicted molar refractivity (Wildman–Crippen MR) is 82.4 cm³/mol. The summed E-state index contributed by atoms with van der Waals surface area (Å²) in [6.45, 7) is 4.04. The van der Waals surface area contributed by atoms with Gasteiger partial charge in [-0.1, -0.05) is 18.2 Å². The van der Waals surface area contributed by atoms with E-state index in [2.05, 4.69) is 35.8 Å². The van der Waals surface area contributed by atoms with Crippen molar-refractivity contribution in [1.82, 2.24) is 10.6 Å². The Morgan fingerprint density at radius 1 is 1.33 bits per heavy atom. The van der Waals surface area contributed by atoms with Gasteiger partial charge in [0.25, 0.3) is 0 Å². The molecule has 1 aliphatic carbocycles. The van der Waals surface area contributed by atoms with Crippen LogP contribution in [0.3, 0.4) is 0 Å². The van der Waals surface area contributed by atoms with Crippen LogP contribution in [-0.4, -0.2) is 25.6 Å². The van der Waals surface area contributed by atoms with Gasteiger partial charge in [-0.15, -0.1) is 0 Å². The molecule has 0 aromatic heterocycles. The highest BCUT2D eigenvalue weighted by molar-refractivity contribution is 5.78. The molecule has 1 heterocycles. The average molecular weight is 288 g/mol. The number of nitrogens with one attached hydrogen (secondary N) is 2. The first-order chi connectivity index (χ1) is 10.2. The lowest BCUT2D eigenvalue weighted by Gasteiger charge is -2.19. The minimum atomic E-state index is 0.0984. The van der Waals surface area contributed by atoms with Gasteiger partial charge in [-0.3, -0.25) is 4.79 Å². The van der Waals surface area contributed by atoms with E-state index in [-0.39, 0.29) is 11.9 Å². The van der Waals surface area contributed by atoms with E-state index >= 15 is 0 Å². The van der Waals surface area contributed by atoms with Crippen LogP contribution in [-0.2, 0) is 4.79 Å². The molecule has 0 bridgehead atoms. The quantitative estimate of drug-likeness (QED) is 0.874. The zero-order valence-electron chi connectivity index (χ0n) is 12.7. The van der Waals surface area contributed by atoms with E-state index in [1.807, 2.05) is 0 Å². The first kappa shape index (κ1) is 14.4. The molecule has 3 rings (SSSR count). The largest absolute Gasteiger partial charge is 0.493 e. The molecule has 1 aromatic rings. The fourth-order valence-electron chi connectivity index (χ4n) is 2.83. The van der Waals surface area contributed by atoms with E-state index in [1.54, 1.807) is 0 Å². The van der Waals surface area contributed by atoms with E-state index in [4.69, 9.17) is 4.74 Å². The lowest BCUT2D eigenvalue weighted by Crippen LogP contribution is -2.36. The first-order valence-corrected chi connectivity index (χ1v) is 7.96. The van der Waals surface area contributed by atoms with Crippen molar-refractivity contribution in [2.75, 3.05) is 19.7 Å². The second-order valence-electron chi connectivity index (χ2n) is 6.16. The zero-order valence-corrected chi connectivity index (χ0v) is 12.7. The Balaban J connectivity index is 1.59. The predicted octanol–water partition coefficient (Wildman–Crippen LogP) is 2.32. The molecule has 1 saturated carbocycles. The number of amides is 1. The highest BCUT2D eigenvalue weighted by atomic mass is 16.5. The highest BCUT2D eigenvalue weighted by Crippen LogP contribution is 2.33. The van der Waals surface area contributed by atoms with Crippen LogP contribution in [0.25, 0.3) is 0 Å². The minimum Gasteiger partial charge on any atom is -0.493 e. The summed E-state index contributed by atoms with van der Waals surface area (Å²) < 4.78 is 5.86. The molecule has 1 unspecified atom stereocenters. The number of hydrogen-bond acceptors (Lipinski definition) is 3. The normalized spacial score (nSPS) is 21.1. The van der Waals surface area contributed by atoms with Crippen molar-refractivity contribution in [2.45, 2.75) is 38.6 Å². The minimum absolute atomic E-state index is 0.0984. The van der Waals surface area contributed by atoms with Crippen LogP contribution in [0.15, 0.2) is 18.2 Å². The molecule has 1 fully saturated rings. The Morgan fingerprint density at radius 2 is 2.19 bits per heavy atom. The molecule has 0 radical (unpaired) electrons. The molecule has 2 aliphatic rings. The lowest BCUT2D eigenvalue weighted by molar-refractivity contribution is -0.120. The third-order valence-corrected chi connectivity index (χ3v) is 4.30. The number of rotatable bonds is 5. The van der Waals surface area contributed by atoms with Crippen molar-refractivity contribution < 1.29 is 9.53 Å². The van der Waals surface area contributed by atoms with Gasteiger partial charge in [-0.25, -0.2) is 0 Å². The van der Waals surface area contributed by atoms with Crippen molar-refractivity contribution in [1.29, 1.82) is 0 Å². The maximum absolute atomic E-state index is 11.9. The molecule has 21 heavy (non-hydrogen) atoms. The van der Waals surface area contributed by atoms with E-state index in [0.717, 1.165) is 37.7 Å². The summed E-state index contributed by atoms with van der Waals surface area (Å²) >= 11 is 0. The van der Waals surface area contributed by atoms with Gasteiger partial charge in [0.2, 0.25) is 5.91 Å². The van der Waals surface area contributed by atoms with Crippen molar-refractivity contribution >= 4 is 5.91 Å². The number of fused-ring (bicyclic) bond motifs is 1. The van der Waals surface area contributed by atoms with Gasteiger partial charge >= 0.3 is 0 Å². The van der Waals surface area contributed by atoms with Crippen LogP contribution < -0.4 is 15.4 Å². The number of hydrogen-bond donors (Lipinski definition) is 2. The highest BCUT2D eigenvalue weighted by Gasteiger charge is 2.23. The number of para-hydroxylation sites is 1. The van der Waals surface area contributed by atoms with Crippen molar-refractivity contribution in [3.63, 3.8) is 0 Å². The average Bonchev–Trinajstić information content (AvgIpc) is 3.30. The maximum atomic E-state index is 11.9. The third-order valence-electron chi connectivity index (χ3n) is 4.30. The molecular formula is C17H24N2O2. The summed E-state index contributed by atoms with van der Waals surface area (Å²) in [5, 5.41) is 6.40. The first-order valence-electron chi connectivity index (χ1n) is 7.96. The van der Waals surface area contributed by atoms with Crippen molar-refractivity contribution in [3.05, 3.63) is 29.3 Å². The Kier molecular flexibility index (Phi) is 4.44. The molecule has 114 valence electrons. The van der Waals surface area contributed by atoms with Crippen LogP contribution in [0.5, 0.6) is 5.75 Å². The summed E-state index contributed by atoms with van der Waals surface area (Å²) in [5.74, 6) is 1.82. The molecule has 0 spiro atoms. The van der Waals surface area contributed by atoms with Crippen LogP contribution >= 0.6 is 0 Å². The summed E-state index contributed by atoms with van der Waals surface area (Å²) in [5.41, 5.74) is 2.35. The second kappa shape index (κ2) is 6.48. The Labute approximate surface area is 126 Å². The van der Waals surface area contributed by atoms with E-state index in [0.29, 0.717) is 6.54 Å². The molecular weight excluding hydrogens is 264 g/mol. The van der Waals surface area contributed by atoms with Crippen LogP contribution in [0.1, 0.15) is 42.9 Å². The maximum Gasteiger partial charge on any atom is 0.233 e. The monoisotopic (exact) mass is 288 g/mol. The van der Waals surface area contributed by atoms with Crippen molar-refractivity contribution in [3.8, 4) is 5.75 Å². The molecule has 1 amide bonds. The van der Waals surface area contributed by atoms with Gasteiger partial charge in [0.15, 0.2) is 0 Å². The Morgan fingerprint density at radius 3 is 3.00 bits per heavy atom. The molecule has 1 aromatic carbocycles. The van der Waals surface area contributed by atoms with E-state index in [1.165, 1.54) is 24.0 Å². The molecule has 1 atom stereocenters. The van der Waals surface area contributed by atoms with Gasteiger partial charge in [-0.05, 0) is 44.1 Å². The molecule has 4 nitrogen and oxygen atoms in total. The second-order valence-corrected chi connectivity index (χ2v) is 6.16. The number of ether oxygens (including phenoxy) is 1. The standard InChI is InChI=1S/C17H24N2O2/c1-12-4-2-5-14-15(6-3-9-21-17(12)14)18-11-16(20)19-10-13-7-8-13/h2,4-5,13,15,18H,3,6-11H2,1H3,(H,19,20). The van der Waals surface area contributed by atoms with Gasteiger partial charge < -0.3 is 15.4 Å². The number of carbonyl (C=O) groups is 1. The van der Waals surface area contributed by atoms with Crippen molar-refractivity contribution in [2.24, 2.45) is 5.92 Å². The third kappa shape index (κ3) is 3.76. The smallest absolute Gasteiger partial charge is 0.233 e.